The quantitative estimate of drug-likeness (QED) is 0.504. The van der Waals surface area contributed by atoms with Crippen molar-refractivity contribution < 1.29 is 4.74 Å². The Bertz CT molecular complexity index is 1180. The summed E-state index contributed by atoms with van der Waals surface area (Å²) in [5.41, 5.74) is 2.04. The van der Waals surface area contributed by atoms with Crippen LogP contribution in [0.1, 0.15) is 36.8 Å². The normalized spacial score (nSPS) is 17.2. The summed E-state index contributed by atoms with van der Waals surface area (Å²) in [5, 5.41) is 8.34. The van der Waals surface area contributed by atoms with E-state index in [0.717, 1.165) is 33.0 Å². The number of para-hydroxylation sites is 1. The van der Waals surface area contributed by atoms with Gasteiger partial charge >= 0.3 is 0 Å². The van der Waals surface area contributed by atoms with Crippen molar-refractivity contribution in [2.75, 3.05) is 6.61 Å². The molecule has 5 nitrogen and oxygen atoms in total. The maximum atomic E-state index is 12.8. The molecule has 0 saturated carbocycles. The first-order valence-corrected chi connectivity index (χ1v) is 11.0. The molecule has 1 aromatic carbocycles. The molecule has 0 fully saturated rings. The summed E-state index contributed by atoms with van der Waals surface area (Å²) < 4.78 is 5.75. The average Bonchev–Trinajstić information content (AvgIpc) is 3.38. The zero-order chi connectivity index (χ0) is 19.1. The second-order valence-electron chi connectivity index (χ2n) is 6.87. The SMILES string of the molecule is C[C@@H](N[C@H]1CCOc2ccccc21)c1nc2scc(-c3cccs3)c2c(=O)[nH]1. The zero-order valence-electron chi connectivity index (χ0n) is 15.3. The van der Waals surface area contributed by atoms with Gasteiger partial charge in [-0.3, -0.25) is 4.79 Å². The first-order valence-electron chi connectivity index (χ1n) is 9.24. The molecule has 28 heavy (non-hydrogen) atoms. The molecule has 0 spiro atoms. The Kier molecular flexibility index (Phi) is 4.50. The van der Waals surface area contributed by atoms with Gasteiger partial charge in [-0.1, -0.05) is 24.3 Å². The highest BCUT2D eigenvalue weighted by Crippen LogP contribution is 2.35. The van der Waals surface area contributed by atoms with Crippen LogP contribution >= 0.6 is 22.7 Å². The number of thiophene rings is 2. The second kappa shape index (κ2) is 7.16. The van der Waals surface area contributed by atoms with Crippen molar-refractivity contribution in [1.82, 2.24) is 15.3 Å². The predicted molar refractivity (Wildman–Crippen MR) is 114 cm³/mol. The molecule has 0 unspecified atom stereocenters. The molecular weight excluding hydrogens is 390 g/mol. The van der Waals surface area contributed by atoms with Crippen molar-refractivity contribution in [3.8, 4) is 16.2 Å². The van der Waals surface area contributed by atoms with E-state index in [-0.39, 0.29) is 17.6 Å². The van der Waals surface area contributed by atoms with Crippen LogP contribution in [0.4, 0.5) is 0 Å². The number of hydrogen-bond acceptors (Lipinski definition) is 6. The van der Waals surface area contributed by atoms with Gasteiger partial charge in [0.15, 0.2) is 0 Å². The zero-order valence-corrected chi connectivity index (χ0v) is 16.9. The molecule has 1 aliphatic heterocycles. The standard InChI is InChI=1S/C21H19N3O2S2/c1-12(22-15-8-9-26-16-6-3-2-5-13(15)16)19-23-20(25)18-14(11-28-21(18)24-19)17-7-4-10-27-17/h2-7,10-12,15,22H,8-9H2,1H3,(H,23,24,25)/t12-,15+/m1/s1. The highest BCUT2D eigenvalue weighted by molar-refractivity contribution is 7.18. The molecule has 142 valence electrons. The third kappa shape index (κ3) is 3.05. The van der Waals surface area contributed by atoms with Crippen LogP contribution in [-0.4, -0.2) is 16.6 Å². The number of nitrogens with zero attached hydrogens (tertiary/aromatic N) is 1. The average molecular weight is 410 g/mol. The lowest BCUT2D eigenvalue weighted by atomic mass is 10.00. The third-order valence-electron chi connectivity index (χ3n) is 5.07. The summed E-state index contributed by atoms with van der Waals surface area (Å²) in [4.78, 5) is 22.5. The lowest BCUT2D eigenvalue weighted by Crippen LogP contribution is -2.31. The van der Waals surface area contributed by atoms with Crippen molar-refractivity contribution in [2.45, 2.75) is 25.4 Å². The predicted octanol–water partition coefficient (Wildman–Crippen LogP) is 4.89. The van der Waals surface area contributed by atoms with Crippen LogP contribution in [0.2, 0.25) is 0 Å². The van der Waals surface area contributed by atoms with E-state index < -0.39 is 0 Å². The molecule has 0 bridgehead atoms. The molecule has 4 heterocycles. The van der Waals surface area contributed by atoms with E-state index in [4.69, 9.17) is 9.72 Å². The highest BCUT2D eigenvalue weighted by atomic mass is 32.1. The molecule has 4 aromatic rings. The molecule has 5 rings (SSSR count). The molecule has 0 saturated heterocycles. The van der Waals surface area contributed by atoms with Crippen LogP contribution < -0.4 is 15.6 Å². The summed E-state index contributed by atoms with van der Waals surface area (Å²) in [7, 11) is 0. The summed E-state index contributed by atoms with van der Waals surface area (Å²) in [5.74, 6) is 1.59. The summed E-state index contributed by atoms with van der Waals surface area (Å²) >= 11 is 3.15. The number of benzene rings is 1. The number of aromatic nitrogens is 2. The summed E-state index contributed by atoms with van der Waals surface area (Å²) in [6.45, 7) is 2.72. The molecule has 0 amide bonds. The highest BCUT2D eigenvalue weighted by Gasteiger charge is 2.24. The van der Waals surface area contributed by atoms with Crippen molar-refractivity contribution in [1.29, 1.82) is 0 Å². The number of hydrogen-bond donors (Lipinski definition) is 2. The van der Waals surface area contributed by atoms with Gasteiger partial charge < -0.3 is 15.0 Å². The monoisotopic (exact) mass is 409 g/mol. The van der Waals surface area contributed by atoms with Gasteiger partial charge in [0.05, 0.1) is 18.0 Å². The number of fused-ring (bicyclic) bond motifs is 2. The van der Waals surface area contributed by atoms with Crippen LogP contribution in [0.5, 0.6) is 5.75 Å². The van der Waals surface area contributed by atoms with Gasteiger partial charge in [0.2, 0.25) is 0 Å². The minimum Gasteiger partial charge on any atom is -0.493 e. The maximum absolute atomic E-state index is 12.8. The largest absolute Gasteiger partial charge is 0.493 e. The molecule has 2 atom stereocenters. The Hall–Kier alpha value is -2.48. The summed E-state index contributed by atoms with van der Waals surface area (Å²) in [6.07, 6.45) is 0.884. The molecule has 0 aliphatic carbocycles. The van der Waals surface area contributed by atoms with Crippen molar-refractivity contribution in [3.63, 3.8) is 0 Å². The molecule has 0 radical (unpaired) electrons. The molecule has 1 aliphatic rings. The fraction of sp³-hybridized carbons (Fsp3) is 0.238. The Morgan fingerprint density at radius 1 is 1.25 bits per heavy atom. The smallest absolute Gasteiger partial charge is 0.260 e. The fourth-order valence-corrected chi connectivity index (χ4v) is 5.45. The summed E-state index contributed by atoms with van der Waals surface area (Å²) in [6, 6.07) is 12.2. The first kappa shape index (κ1) is 17.6. The van der Waals surface area contributed by atoms with E-state index in [2.05, 4.69) is 16.4 Å². The third-order valence-corrected chi connectivity index (χ3v) is 6.84. The Morgan fingerprint density at radius 2 is 2.14 bits per heavy atom. The van der Waals surface area contributed by atoms with Crippen LogP contribution in [-0.2, 0) is 0 Å². The van der Waals surface area contributed by atoms with Crippen LogP contribution in [0.3, 0.4) is 0 Å². The van der Waals surface area contributed by atoms with Crippen LogP contribution in [0.15, 0.2) is 52.0 Å². The molecular formula is C21H19N3O2S2. The van der Waals surface area contributed by atoms with E-state index in [1.165, 1.54) is 11.3 Å². The van der Waals surface area contributed by atoms with E-state index in [1.54, 1.807) is 11.3 Å². The lowest BCUT2D eigenvalue weighted by molar-refractivity contribution is 0.245. The van der Waals surface area contributed by atoms with Gasteiger partial charge in [-0.2, -0.15) is 0 Å². The second-order valence-corrected chi connectivity index (χ2v) is 8.68. The Labute approximate surface area is 170 Å². The Balaban J connectivity index is 1.46. The number of aromatic amines is 1. The van der Waals surface area contributed by atoms with E-state index in [9.17, 15) is 4.79 Å². The van der Waals surface area contributed by atoms with Crippen molar-refractivity contribution in [2.24, 2.45) is 0 Å². The topological polar surface area (TPSA) is 67.0 Å². The number of ether oxygens (including phenoxy) is 1. The molecule has 3 aromatic heterocycles. The van der Waals surface area contributed by atoms with Gasteiger partial charge in [-0.15, -0.1) is 22.7 Å². The van der Waals surface area contributed by atoms with Crippen molar-refractivity contribution >= 4 is 32.9 Å². The number of rotatable bonds is 4. The number of H-pyrrole nitrogens is 1. The molecule has 2 N–H and O–H groups in total. The van der Waals surface area contributed by atoms with E-state index in [0.29, 0.717) is 17.8 Å². The first-order chi connectivity index (χ1) is 13.7. The lowest BCUT2D eigenvalue weighted by Gasteiger charge is -2.29. The fourth-order valence-electron chi connectivity index (χ4n) is 3.68. The van der Waals surface area contributed by atoms with Gasteiger partial charge in [-0.05, 0) is 24.4 Å². The van der Waals surface area contributed by atoms with Gasteiger partial charge in [-0.25, -0.2) is 4.98 Å². The minimum absolute atomic E-state index is 0.0781. The van der Waals surface area contributed by atoms with Crippen LogP contribution in [0.25, 0.3) is 20.7 Å². The maximum Gasteiger partial charge on any atom is 0.260 e. The number of nitrogens with one attached hydrogen (secondary N) is 2. The van der Waals surface area contributed by atoms with Crippen molar-refractivity contribution in [3.05, 3.63) is 68.9 Å². The van der Waals surface area contributed by atoms with Gasteiger partial charge in [0.25, 0.3) is 5.56 Å². The molecule has 7 heteroatoms. The Morgan fingerprint density at radius 3 is 3.00 bits per heavy atom. The van der Waals surface area contributed by atoms with Gasteiger partial charge in [0.1, 0.15) is 16.4 Å². The van der Waals surface area contributed by atoms with Crippen LogP contribution in [0, 0.1) is 0 Å². The van der Waals surface area contributed by atoms with E-state index >= 15 is 0 Å². The van der Waals surface area contributed by atoms with Gasteiger partial charge in [0, 0.05) is 33.8 Å². The minimum atomic E-state index is -0.0828. The van der Waals surface area contributed by atoms with E-state index in [1.807, 2.05) is 48.0 Å².